The molecule has 0 aliphatic carbocycles. The summed E-state index contributed by atoms with van der Waals surface area (Å²) in [6.45, 7) is 10.5. The molecule has 3 nitrogen and oxygen atoms in total. The highest BCUT2D eigenvalue weighted by atomic mass is 16.2. The summed E-state index contributed by atoms with van der Waals surface area (Å²) >= 11 is 0. The van der Waals surface area contributed by atoms with Gasteiger partial charge in [-0.25, -0.2) is 0 Å². The van der Waals surface area contributed by atoms with Crippen molar-refractivity contribution in [3.8, 4) is 0 Å². The van der Waals surface area contributed by atoms with E-state index in [9.17, 15) is 4.79 Å². The van der Waals surface area contributed by atoms with Crippen molar-refractivity contribution in [2.24, 2.45) is 0 Å². The summed E-state index contributed by atoms with van der Waals surface area (Å²) in [5.74, 6) is 0.0833. The minimum Gasteiger partial charge on any atom is -0.352 e. The van der Waals surface area contributed by atoms with Crippen molar-refractivity contribution < 1.29 is 4.79 Å². The van der Waals surface area contributed by atoms with Gasteiger partial charge in [-0.3, -0.25) is 4.79 Å². The number of carbonyl (C=O) groups is 1. The fraction of sp³-hybridized carbons (Fsp3) is 0.750. The number of amides is 1. The van der Waals surface area contributed by atoms with Crippen molar-refractivity contribution in [1.82, 2.24) is 10.6 Å². The Bertz CT molecular complexity index is 192. The molecule has 0 spiro atoms. The molecule has 3 heteroatoms. The molecule has 15 heavy (non-hydrogen) atoms. The van der Waals surface area contributed by atoms with E-state index in [0.717, 1.165) is 25.8 Å². The molecule has 1 amide bonds. The SMILES string of the molecule is C=CCCNC(C)C(=O)NC(C)CCC. The van der Waals surface area contributed by atoms with Gasteiger partial charge in [0.15, 0.2) is 0 Å². The van der Waals surface area contributed by atoms with Gasteiger partial charge in [0, 0.05) is 6.04 Å². The second-order valence-corrected chi connectivity index (χ2v) is 3.95. The molecule has 0 bridgehead atoms. The monoisotopic (exact) mass is 212 g/mol. The summed E-state index contributed by atoms with van der Waals surface area (Å²) in [6.07, 6.45) is 4.87. The first-order chi connectivity index (χ1) is 7.11. The molecule has 2 N–H and O–H groups in total. The molecule has 0 aliphatic rings. The van der Waals surface area contributed by atoms with Crippen LogP contribution in [-0.2, 0) is 4.79 Å². The van der Waals surface area contributed by atoms with Crippen molar-refractivity contribution in [3.63, 3.8) is 0 Å². The van der Waals surface area contributed by atoms with Gasteiger partial charge < -0.3 is 10.6 Å². The summed E-state index contributed by atoms with van der Waals surface area (Å²) < 4.78 is 0. The molecule has 0 heterocycles. The molecule has 0 rings (SSSR count). The Morgan fingerprint density at radius 2 is 2.13 bits per heavy atom. The molecule has 0 aromatic heterocycles. The topological polar surface area (TPSA) is 41.1 Å². The number of nitrogens with one attached hydrogen (secondary N) is 2. The lowest BCUT2D eigenvalue weighted by Gasteiger charge is -2.17. The van der Waals surface area contributed by atoms with Gasteiger partial charge in [-0.05, 0) is 33.2 Å². The lowest BCUT2D eigenvalue weighted by Crippen LogP contribution is -2.45. The molecule has 0 saturated carbocycles. The average Bonchev–Trinajstić information content (AvgIpc) is 2.18. The molecule has 0 aromatic rings. The van der Waals surface area contributed by atoms with Gasteiger partial charge in [0.1, 0.15) is 0 Å². The van der Waals surface area contributed by atoms with E-state index in [1.165, 1.54) is 0 Å². The first kappa shape index (κ1) is 14.2. The second-order valence-electron chi connectivity index (χ2n) is 3.95. The van der Waals surface area contributed by atoms with Crippen LogP contribution in [-0.4, -0.2) is 24.5 Å². The fourth-order valence-corrected chi connectivity index (χ4v) is 1.37. The van der Waals surface area contributed by atoms with Crippen molar-refractivity contribution in [2.45, 2.75) is 52.1 Å². The summed E-state index contributed by atoms with van der Waals surface area (Å²) in [5, 5.41) is 6.13. The maximum Gasteiger partial charge on any atom is 0.237 e. The second kappa shape index (κ2) is 8.48. The Labute approximate surface area is 93.3 Å². The zero-order valence-electron chi connectivity index (χ0n) is 10.2. The van der Waals surface area contributed by atoms with Crippen LogP contribution in [0.1, 0.15) is 40.0 Å². The predicted molar refractivity (Wildman–Crippen MR) is 64.8 cm³/mol. The normalized spacial score (nSPS) is 14.3. The Kier molecular flexibility index (Phi) is 8.01. The Hall–Kier alpha value is -0.830. The summed E-state index contributed by atoms with van der Waals surface area (Å²) in [4.78, 5) is 11.6. The molecular formula is C12H24N2O. The Morgan fingerprint density at radius 3 is 2.67 bits per heavy atom. The van der Waals surface area contributed by atoms with Crippen molar-refractivity contribution >= 4 is 5.91 Å². The van der Waals surface area contributed by atoms with Crippen LogP contribution in [0.25, 0.3) is 0 Å². The van der Waals surface area contributed by atoms with Crippen LogP contribution in [0.4, 0.5) is 0 Å². The van der Waals surface area contributed by atoms with Gasteiger partial charge in [0.05, 0.1) is 6.04 Å². The molecule has 0 aromatic carbocycles. The van der Waals surface area contributed by atoms with E-state index in [0.29, 0.717) is 0 Å². The van der Waals surface area contributed by atoms with Crippen LogP contribution in [0.15, 0.2) is 12.7 Å². The van der Waals surface area contributed by atoms with Gasteiger partial charge in [0.25, 0.3) is 0 Å². The number of hydrogen-bond donors (Lipinski definition) is 2. The highest BCUT2D eigenvalue weighted by Gasteiger charge is 2.13. The lowest BCUT2D eigenvalue weighted by molar-refractivity contribution is -0.123. The number of carbonyl (C=O) groups excluding carboxylic acids is 1. The highest BCUT2D eigenvalue weighted by Crippen LogP contribution is 1.95. The van der Waals surface area contributed by atoms with Crippen molar-refractivity contribution in [3.05, 3.63) is 12.7 Å². The van der Waals surface area contributed by atoms with Gasteiger partial charge in [-0.1, -0.05) is 19.4 Å². The Balaban J connectivity index is 3.72. The molecule has 88 valence electrons. The third kappa shape index (κ3) is 7.14. The lowest BCUT2D eigenvalue weighted by atomic mass is 10.2. The third-order valence-corrected chi connectivity index (χ3v) is 2.30. The summed E-state index contributed by atoms with van der Waals surface area (Å²) in [6, 6.07) is 0.149. The molecule has 0 saturated heterocycles. The third-order valence-electron chi connectivity index (χ3n) is 2.30. The average molecular weight is 212 g/mol. The standard InChI is InChI=1S/C12H24N2O/c1-5-7-9-13-11(4)12(15)14-10(3)8-6-2/h5,10-11,13H,1,6-9H2,2-4H3,(H,14,15). The minimum atomic E-state index is -0.121. The zero-order valence-corrected chi connectivity index (χ0v) is 10.2. The fourth-order valence-electron chi connectivity index (χ4n) is 1.37. The number of rotatable bonds is 8. The van der Waals surface area contributed by atoms with Crippen molar-refractivity contribution in [2.75, 3.05) is 6.54 Å². The maximum atomic E-state index is 11.6. The quantitative estimate of drug-likeness (QED) is 0.476. The van der Waals surface area contributed by atoms with E-state index in [2.05, 4.69) is 24.1 Å². The predicted octanol–water partition coefficient (Wildman–Crippen LogP) is 1.85. The Morgan fingerprint density at radius 1 is 1.47 bits per heavy atom. The largest absolute Gasteiger partial charge is 0.352 e. The van der Waals surface area contributed by atoms with Crippen LogP contribution in [0.5, 0.6) is 0 Å². The van der Waals surface area contributed by atoms with Crippen LogP contribution >= 0.6 is 0 Å². The summed E-state index contributed by atoms with van der Waals surface area (Å²) in [7, 11) is 0. The van der Waals surface area contributed by atoms with Gasteiger partial charge in [-0.2, -0.15) is 0 Å². The summed E-state index contributed by atoms with van der Waals surface area (Å²) in [5.41, 5.74) is 0. The van der Waals surface area contributed by atoms with E-state index in [-0.39, 0.29) is 18.0 Å². The number of hydrogen-bond acceptors (Lipinski definition) is 2. The maximum absolute atomic E-state index is 11.6. The zero-order chi connectivity index (χ0) is 11.7. The molecule has 0 fully saturated rings. The van der Waals surface area contributed by atoms with E-state index in [1.54, 1.807) is 0 Å². The molecule has 2 atom stereocenters. The van der Waals surface area contributed by atoms with Crippen LogP contribution in [0.3, 0.4) is 0 Å². The molecule has 2 unspecified atom stereocenters. The van der Waals surface area contributed by atoms with E-state index in [1.807, 2.05) is 19.9 Å². The van der Waals surface area contributed by atoms with Crippen molar-refractivity contribution in [1.29, 1.82) is 0 Å². The minimum absolute atomic E-state index is 0.0833. The van der Waals surface area contributed by atoms with Gasteiger partial charge in [0.2, 0.25) is 5.91 Å². The first-order valence-electron chi connectivity index (χ1n) is 5.76. The first-order valence-corrected chi connectivity index (χ1v) is 5.76. The van der Waals surface area contributed by atoms with Crippen LogP contribution in [0.2, 0.25) is 0 Å². The van der Waals surface area contributed by atoms with E-state index < -0.39 is 0 Å². The van der Waals surface area contributed by atoms with E-state index >= 15 is 0 Å². The molecule has 0 radical (unpaired) electrons. The van der Waals surface area contributed by atoms with Gasteiger partial charge >= 0.3 is 0 Å². The smallest absolute Gasteiger partial charge is 0.237 e. The highest BCUT2D eigenvalue weighted by molar-refractivity contribution is 5.81. The molecular weight excluding hydrogens is 188 g/mol. The van der Waals surface area contributed by atoms with Crippen LogP contribution in [0, 0.1) is 0 Å². The van der Waals surface area contributed by atoms with Crippen LogP contribution < -0.4 is 10.6 Å². The van der Waals surface area contributed by atoms with E-state index in [4.69, 9.17) is 0 Å². The van der Waals surface area contributed by atoms with Gasteiger partial charge in [-0.15, -0.1) is 6.58 Å². The molecule has 0 aliphatic heterocycles.